The number of hydrogen-bond donors (Lipinski definition) is 0. The third-order valence-electron chi connectivity index (χ3n) is 3.12. The van der Waals surface area contributed by atoms with E-state index in [1.165, 1.54) is 30.0 Å². The third-order valence-corrected chi connectivity index (χ3v) is 3.12. The molecule has 0 radical (unpaired) electrons. The van der Waals surface area contributed by atoms with E-state index in [9.17, 15) is 4.79 Å². The van der Waals surface area contributed by atoms with E-state index < -0.39 is 0 Å². The summed E-state index contributed by atoms with van der Waals surface area (Å²) in [5, 5.41) is 4.06. The maximum atomic E-state index is 11.1. The molecule has 1 aliphatic heterocycles. The SMILES string of the molecule is CC(=O)n1cc(C2CCN(C)CC2)cn1. The summed E-state index contributed by atoms with van der Waals surface area (Å²) in [6.45, 7) is 3.80. The van der Waals surface area contributed by atoms with Gasteiger partial charge in [-0.3, -0.25) is 4.79 Å². The highest BCUT2D eigenvalue weighted by atomic mass is 16.2. The lowest BCUT2D eigenvalue weighted by Gasteiger charge is -2.28. The molecule has 0 spiro atoms. The molecule has 1 saturated heterocycles. The van der Waals surface area contributed by atoms with Gasteiger partial charge in [-0.2, -0.15) is 5.10 Å². The average Bonchev–Trinajstić information content (AvgIpc) is 2.68. The largest absolute Gasteiger partial charge is 0.306 e. The van der Waals surface area contributed by atoms with Gasteiger partial charge in [-0.1, -0.05) is 0 Å². The Balaban J connectivity index is 2.06. The van der Waals surface area contributed by atoms with Crippen LogP contribution in [-0.4, -0.2) is 40.7 Å². The van der Waals surface area contributed by atoms with Crippen LogP contribution in [-0.2, 0) is 0 Å². The molecule has 1 aliphatic rings. The first-order valence-electron chi connectivity index (χ1n) is 5.41. The minimum absolute atomic E-state index is 0.0193. The molecule has 4 heteroatoms. The Bertz CT molecular complexity index is 350. The molecule has 0 saturated carbocycles. The lowest BCUT2D eigenvalue weighted by Crippen LogP contribution is -2.29. The average molecular weight is 207 g/mol. The van der Waals surface area contributed by atoms with Gasteiger partial charge in [0.25, 0.3) is 0 Å². The van der Waals surface area contributed by atoms with E-state index in [1.54, 1.807) is 0 Å². The third kappa shape index (κ3) is 2.26. The van der Waals surface area contributed by atoms with Crippen LogP contribution in [0.5, 0.6) is 0 Å². The maximum Gasteiger partial charge on any atom is 0.243 e. The van der Waals surface area contributed by atoms with E-state index in [4.69, 9.17) is 0 Å². The van der Waals surface area contributed by atoms with E-state index in [1.807, 2.05) is 12.4 Å². The topological polar surface area (TPSA) is 38.1 Å². The Hall–Kier alpha value is -1.16. The van der Waals surface area contributed by atoms with Gasteiger partial charge < -0.3 is 4.90 Å². The van der Waals surface area contributed by atoms with Gasteiger partial charge in [0.05, 0.1) is 6.20 Å². The van der Waals surface area contributed by atoms with Gasteiger partial charge in [-0.05, 0) is 44.5 Å². The molecule has 1 aromatic heterocycles. The van der Waals surface area contributed by atoms with Crippen LogP contribution < -0.4 is 0 Å². The molecule has 1 fully saturated rings. The van der Waals surface area contributed by atoms with Gasteiger partial charge in [-0.15, -0.1) is 0 Å². The fourth-order valence-electron chi connectivity index (χ4n) is 2.06. The van der Waals surface area contributed by atoms with Gasteiger partial charge in [0.1, 0.15) is 0 Å². The normalized spacial score (nSPS) is 19.3. The zero-order chi connectivity index (χ0) is 10.8. The predicted octanol–water partition coefficient (Wildman–Crippen LogP) is 1.35. The highest BCUT2D eigenvalue weighted by Gasteiger charge is 2.19. The second-order valence-corrected chi connectivity index (χ2v) is 4.31. The van der Waals surface area contributed by atoms with E-state index in [0.29, 0.717) is 5.92 Å². The summed E-state index contributed by atoms with van der Waals surface area (Å²) in [5.41, 5.74) is 1.21. The quantitative estimate of drug-likeness (QED) is 0.697. The number of carbonyl (C=O) groups excluding carboxylic acids is 1. The molecule has 0 atom stereocenters. The monoisotopic (exact) mass is 207 g/mol. The first kappa shape index (κ1) is 10.4. The van der Waals surface area contributed by atoms with Crippen molar-refractivity contribution in [2.45, 2.75) is 25.7 Å². The summed E-state index contributed by atoms with van der Waals surface area (Å²) < 4.78 is 1.42. The van der Waals surface area contributed by atoms with Gasteiger partial charge in [0, 0.05) is 13.1 Å². The molecule has 0 N–H and O–H groups in total. The Morgan fingerprint density at radius 2 is 2.13 bits per heavy atom. The smallest absolute Gasteiger partial charge is 0.243 e. The minimum Gasteiger partial charge on any atom is -0.306 e. The summed E-state index contributed by atoms with van der Waals surface area (Å²) in [4.78, 5) is 13.4. The zero-order valence-corrected chi connectivity index (χ0v) is 9.31. The van der Waals surface area contributed by atoms with Crippen molar-refractivity contribution in [3.05, 3.63) is 18.0 Å². The van der Waals surface area contributed by atoms with Crippen LogP contribution in [0.15, 0.2) is 12.4 Å². The van der Waals surface area contributed by atoms with Crippen molar-refractivity contribution >= 4 is 5.91 Å². The van der Waals surface area contributed by atoms with Crippen LogP contribution in [0.2, 0.25) is 0 Å². The lowest BCUT2D eigenvalue weighted by molar-refractivity contribution is 0.0921. The molecule has 2 heterocycles. The first-order valence-corrected chi connectivity index (χ1v) is 5.41. The second-order valence-electron chi connectivity index (χ2n) is 4.31. The van der Waals surface area contributed by atoms with Gasteiger partial charge in [-0.25, -0.2) is 4.68 Å². The molecule has 1 aromatic rings. The van der Waals surface area contributed by atoms with Gasteiger partial charge in [0.2, 0.25) is 5.91 Å². The minimum atomic E-state index is -0.0193. The standard InChI is InChI=1S/C11H17N3O/c1-9(15)14-8-11(7-12-14)10-3-5-13(2)6-4-10/h7-8,10H,3-6H2,1-2H3. The van der Waals surface area contributed by atoms with Crippen LogP contribution in [0.25, 0.3) is 0 Å². The molecule has 82 valence electrons. The summed E-state index contributed by atoms with van der Waals surface area (Å²) in [5.74, 6) is 0.559. The van der Waals surface area contributed by atoms with Crippen molar-refractivity contribution in [2.75, 3.05) is 20.1 Å². The highest BCUT2D eigenvalue weighted by Crippen LogP contribution is 2.26. The first-order chi connectivity index (χ1) is 7.16. The summed E-state index contributed by atoms with van der Waals surface area (Å²) >= 11 is 0. The van der Waals surface area contributed by atoms with Crippen LogP contribution >= 0.6 is 0 Å². The van der Waals surface area contributed by atoms with Crippen molar-refractivity contribution in [3.8, 4) is 0 Å². The Morgan fingerprint density at radius 3 is 2.67 bits per heavy atom. The van der Waals surface area contributed by atoms with E-state index in [-0.39, 0.29) is 5.91 Å². The van der Waals surface area contributed by atoms with Crippen LogP contribution in [0, 0.1) is 0 Å². The number of rotatable bonds is 1. The predicted molar refractivity (Wildman–Crippen MR) is 58.0 cm³/mol. The Labute approximate surface area is 89.9 Å². The molecular weight excluding hydrogens is 190 g/mol. The van der Waals surface area contributed by atoms with Gasteiger partial charge >= 0.3 is 0 Å². The fourth-order valence-corrected chi connectivity index (χ4v) is 2.06. The molecule has 2 rings (SSSR count). The van der Waals surface area contributed by atoms with Crippen molar-refractivity contribution in [1.29, 1.82) is 0 Å². The summed E-state index contributed by atoms with van der Waals surface area (Å²) in [6, 6.07) is 0. The summed E-state index contributed by atoms with van der Waals surface area (Å²) in [6.07, 6.45) is 6.04. The number of hydrogen-bond acceptors (Lipinski definition) is 3. The number of carbonyl (C=O) groups is 1. The van der Waals surface area contributed by atoms with Crippen molar-refractivity contribution in [1.82, 2.24) is 14.7 Å². The number of nitrogens with zero attached hydrogens (tertiary/aromatic N) is 3. The van der Waals surface area contributed by atoms with Gasteiger partial charge in [0.15, 0.2) is 0 Å². The van der Waals surface area contributed by atoms with Crippen molar-refractivity contribution in [2.24, 2.45) is 0 Å². The molecule has 4 nitrogen and oxygen atoms in total. The number of aromatic nitrogens is 2. The maximum absolute atomic E-state index is 11.1. The van der Waals surface area contributed by atoms with E-state index in [2.05, 4.69) is 17.0 Å². The van der Waals surface area contributed by atoms with Crippen LogP contribution in [0.4, 0.5) is 0 Å². The molecule has 0 unspecified atom stereocenters. The van der Waals surface area contributed by atoms with Crippen LogP contribution in [0.3, 0.4) is 0 Å². The molecular formula is C11H17N3O. The fraction of sp³-hybridized carbons (Fsp3) is 0.636. The lowest BCUT2D eigenvalue weighted by atomic mass is 9.92. The molecule has 0 bridgehead atoms. The molecule has 15 heavy (non-hydrogen) atoms. The Morgan fingerprint density at radius 1 is 1.47 bits per heavy atom. The number of likely N-dealkylation sites (tertiary alicyclic amines) is 1. The summed E-state index contributed by atoms with van der Waals surface area (Å²) in [7, 11) is 2.15. The molecule has 0 amide bonds. The van der Waals surface area contributed by atoms with Crippen molar-refractivity contribution in [3.63, 3.8) is 0 Å². The zero-order valence-electron chi connectivity index (χ0n) is 9.31. The van der Waals surface area contributed by atoms with E-state index >= 15 is 0 Å². The Kier molecular flexibility index (Phi) is 2.86. The van der Waals surface area contributed by atoms with Crippen LogP contribution in [0.1, 0.15) is 36.0 Å². The van der Waals surface area contributed by atoms with Crippen molar-refractivity contribution < 1.29 is 4.79 Å². The number of piperidine rings is 1. The molecule has 0 aliphatic carbocycles. The highest BCUT2D eigenvalue weighted by molar-refractivity contribution is 5.75. The van der Waals surface area contributed by atoms with E-state index in [0.717, 1.165) is 13.1 Å². The molecule has 0 aromatic carbocycles. The second kappa shape index (κ2) is 4.14.